The lowest BCUT2D eigenvalue weighted by molar-refractivity contribution is 0.0515. The molecule has 1 aromatic carbocycles. The highest BCUT2D eigenvalue weighted by Crippen LogP contribution is 2.36. The average Bonchev–Trinajstić information content (AvgIpc) is 2.88. The quantitative estimate of drug-likeness (QED) is 0.744. The molecular weight excluding hydrogens is 307 g/mol. The maximum Gasteiger partial charge on any atom is 0.128 e. The zero-order valence-corrected chi connectivity index (χ0v) is 13.9. The van der Waals surface area contributed by atoms with Crippen LogP contribution in [0.1, 0.15) is 43.9 Å². The number of ether oxygens (including phenoxy) is 1. The maximum absolute atomic E-state index is 6.43. The lowest BCUT2D eigenvalue weighted by atomic mass is 9.92. The number of benzene rings is 1. The van der Waals surface area contributed by atoms with Crippen LogP contribution in [0.4, 0.5) is 0 Å². The van der Waals surface area contributed by atoms with Crippen LogP contribution in [0.15, 0.2) is 18.2 Å². The van der Waals surface area contributed by atoms with Crippen molar-refractivity contribution in [2.24, 2.45) is 5.92 Å². The minimum Gasteiger partial charge on any atom is -0.381 e. The molecule has 0 aliphatic carbocycles. The molecule has 0 amide bonds. The molecule has 1 fully saturated rings. The largest absolute Gasteiger partial charge is 0.381 e. The van der Waals surface area contributed by atoms with E-state index in [1.54, 1.807) is 0 Å². The number of alkyl halides is 1. The third kappa shape index (κ3) is 2.79. The van der Waals surface area contributed by atoms with E-state index >= 15 is 0 Å². The molecule has 1 aliphatic heterocycles. The van der Waals surface area contributed by atoms with E-state index < -0.39 is 0 Å². The van der Waals surface area contributed by atoms with Gasteiger partial charge < -0.3 is 9.30 Å². The van der Waals surface area contributed by atoms with Gasteiger partial charge in [-0.15, -0.1) is 11.6 Å². The van der Waals surface area contributed by atoms with Crippen molar-refractivity contribution in [1.29, 1.82) is 0 Å². The highest BCUT2D eigenvalue weighted by Gasteiger charge is 2.27. The zero-order chi connectivity index (χ0) is 15.0. The second-order valence-corrected chi connectivity index (χ2v) is 6.82. The predicted octanol–water partition coefficient (Wildman–Crippen LogP) is 4.98. The maximum atomic E-state index is 6.43. The molecule has 0 radical (unpaired) electrons. The van der Waals surface area contributed by atoms with Crippen molar-refractivity contribution in [2.45, 2.75) is 38.1 Å². The van der Waals surface area contributed by atoms with Crippen LogP contribution in [0.25, 0.3) is 11.0 Å². The van der Waals surface area contributed by atoms with Gasteiger partial charge in [0.05, 0.1) is 21.4 Å². The first-order valence-corrected chi connectivity index (χ1v) is 8.29. The molecule has 0 bridgehead atoms. The molecule has 1 aliphatic rings. The van der Waals surface area contributed by atoms with Gasteiger partial charge in [0.25, 0.3) is 0 Å². The van der Waals surface area contributed by atoms with Gasteiger partial charge in [0, 0.05) is 19.3 Å². The van der Waals surface area contributed by atoms with Crippen LogP contribution >= 0.6 is 23.2 Å². The van der Waals surface area contributed by atoms with E-state index in [4.69, 9.17) is 32.9 Å². The van der Waals surface area contributed by atoms with E-state index in [0.29, 0.717) is 12.0 Å². The summed E-state index contributed by atoms with van der Waals surface area (Å²) < 4.78 is 7.72. The van der Waals surface area contributed by atoms with Gasteiger partial charge in [-0.25, -0.2) is 4.98 Å². The summed E-state index contributed by atoms with van der Waals surface area (Å²) in [6, 6.07) is 6.16. The van der Waals surface area contributed by atoms with Crippen molar-refractivity contribution in [3.05, 3.63) is 29.0 Å². The zero-order valence-electron chi connectivity index (χ0n) is 12.4. The van der Waals surface area contributed by atoms with Gasteiger partial charge in [0.1, 0.15) is 5.82 Å². The molecule has 2 unspecified atom stereocenters. The Balaban J connectivity index is 2.12. The molecular formula is C16H20Cl2N2O. The Morgan fingerprint density at radius 1 is 1.29 bits per heavy atom. The Labute approximate surface area is 135 Å². The molecule has 2 heterocycles. The lowest BCUT2D eigenvalue weighted by Crippen LogP contribution is -2.25. The number of hydrogen-bond acceptors (Lipinski definition) is 2. The molecule has 0 N–H and O–H groups in total. The molecule has 3 rings (SSSR count). The van der Waals surface area contributed by atoms with Gasteiger partial charge in [-0.1, -0.05) is 17.7 Å². The van der Waals surface area contributed by atoms with Crippen LogP contribution < -0.4 is 0 Å². The SMILES string of the molecule is CC(Cl)c1nc2cccc(Cl)c2n1C(C)C1CCOCC1. The first-order valence-electron chi connectivity index (χ1n) is 7.47. The fourth-order valence-corrected chi connectivity index (χ4v) is 3.64. The first kappa shape index (κ1) is 15.1. The van der Waals surface area contributed by atoms with Crippen molar-refractivity contribution in [3.63, 3.8) is 0 Å². The van der Waals surface area contributed by atoms with Crippen molar-refractivity contribution < 1.29 is 4.74 Å². The topological polar surface area (TPSA) is 27.1 Å². The highest BCUT2D eigenvalue weighted by atomic mass is 35.5. The van der Waals surface area contributed by atoms with E-state index in [0.717, 1.165) is 47.9 Å². The van der Waals surface area contributed by atoms with Gasteiger partial charge in [-0.05, 0) is 44.7 Å². The monoisotopic (exact) mass is 326 g/mol. The molecule has 21 heavy (non-hydrogen) atoms. The Kier molecular flexibility index (Phi) is 4.43. The van der Waals surface area contributed by atoms with Crippen LogP contribution in [-0.2, 0) is 4.74 Å². The van der Waals surface area contributed by atoms with E-state index in [1.807, 2.05) is 25.1 Å². The summed E-state index contributed by atoms with van der Waals surface area (Å²) >= 11 is 12.8. The summed E-state index contributed by atoms with van der Waals surface area (Å²) in [6.07, 6.45) is 2.14. The smallest absolute Gasteiger partial charge is 0.128 e. The number of hydrogen-bond donors (Lipinski definition) is 0. The molecule has 0 spiro atoms. The number of halogens is 2. The van der Waals surface area contributed by atoms with Crippen molar-refractivity contribution in [1.82, 2.24) is 9.55 Å². The molecule has 5 heteroatoms. The molecule has 3 nitrogen and oxygen atoms in total. The van der Waals surface area contributed by atoms with Crippen LogP contribution in [0.2, 0.25) is 5.02 Å². The van der Waals surface area contributed by atoms with Crippen LogP contribution in [0.3, 0.4) is 0 Å². The summed E-state index contributed by atoms with van der Waals surface area (Å²) in [6.45, 7) is 5.87. The van der Waals surface area contributed by atoms with Gasteiger partial charge in [0.15, 0.2) is 0 Å². The molecule has 1 saturated heterocycles. The Hall–Kier alpha value is -0.770. The summed E-state index contributed by atoms with van der Waals surface area (Å²) in [7, 11) is 0. The van der Waals surface area contributed by atoms with Crippen LogP contribution in [-0.4, -0.2) is 22.8 Å². The Bertz CT molecular complexity index is 632. The minimum atomic E-state index is -0.143. The second-order valence-electron chi connectivity index (χ2n) is 5.75. The number of nitrogens with zero attached hydrogens (tertiary/aromatic N) is 2. The van der Waals surface area contributed by atoms with Crippen molar-refractivity contribution >= 4 is 34.2 Å². The normalized spacial score (nSPS) is 19.8. The van der Waals surface area contributed by atoms with Crippen LogP contribution in [0.5, 0.6) is 0 Å². The number of fused-ring (bicyclic) bond motifs is 1. The summed E-state index contributed by atoms with van der Waals surface area (Å²) in [5, 5.41) is 0.596. The van der Waals surface area contributed by atoms with Crippen molar-refractivity contribution in [2.75, 3.05) is 13.2 Å². The first-order chi connectivity index (χ1) is 10.1. The summed E-state index contributed by atoms with van der Waals surface area (Å²) in [5.41, 5.74) is 1.92. The molecule has 2 atom stereocenters. The molecule has 0 saturated carbocycles. The van der Waals surface area contributed by atoms with Gasteiger partial charge in [-0.2, -0.15) is 0 Å². The Morgan fingerprint density at radius 3 is 2.67 bits per heavy atom. The summed E-state index contributed by atoms with van der Waals surface area (Å²) in [4.78, 5) is 4.70. The van der Waals surface area contributed by atoms with Gasteiger partial charge >= 0.3 is 0 Å². The number of imidazole rings is 1. The third-order valence-electron chi connectivity index (χ3n) is 4.40. The highest BCUT2D eigenvalue weighted by molar-refractivity contribution is 6.35. The lowest BCUT2D eigenvalue weighted by Gasteiger charge is -2.30. The Morgan fingerprint density at radius 2 is 2.00 bits per heavy atom. The average molecular weight is 327 g/mol. The number of aromatic nitrogens is 2. The summed E-state index contributed by atoms with van der Waals surface area (Å²) in [5.74, 6) is 1.47. The van der Waals surface area contributed by atoms with Gasteiger partial charge in [-0.3, -0.25) is 0 Å². The van der Waals surface area contributed by atoms with Crippen LogP contribution in [0, 0.1) is 5.92 Å². The molecule has 2 aromatic rings. The third-order valence-corrected chi connectivity index (χ3v) is 4.90. The fourth-order valence-electron chi connectivity index (χ4n) is 3.23. The molecule has 1 aromatic heterocycles. The fraction of sp³-hybridized carbons (Fsp3) is 0.562. The predicted molar refractivity (Wildman–Crippen MR) is 87.3 cm³/mol. The van der Waals surface area contributed by atoms with E-state index in [1.165, 1.54) is 0 Å². The second kappa shape index (κ2) is 6.15. The van der Waals surface area contributed by atoms with E-state index in [-0.39, 0.29) is 5.38 Å². The minimum absolute atomic E-state index is 0.143. The number of para-hydroxylation sites is 1. The van der Waals surface area contributed by atoms with Gasteiger partial charge in [0.2, 0.25) is 0 Å². The van der Waals surface area contributed by atoms with E-state index in [9.17, 15) is 0 Å². The standard InChI is InChI=1S/C16H20Cl2N2O/c1-10(17)16-19-14-5-3-4-13(18)15(14)20(16)11(2)12-6-8-21-9-7-12/h3-5,10-12H,6-9H2,1-2H3. The number of rotatable bonds is 3. The van der Waals surface area contributed by atoms with E-state index in [2.05, 4.69) is 11.5 Å². The molecule has 114 valence electrons. The van der Waals surface area contributed by atoms with Crippen molar-refractivity contribution in [3.8, 4) is 0 Å².